The summed E-state index contributed by atoms with van der Waals surface area (Å²) in [6, 6.07) is 15.4. The highest BCUT2D eigenvalue weighted by Gasteiger charge is 2.31. The summed E-state index contributed by atoms with van der Waals surface area (Å²) in [4.78, 5) is 29.1. The zero-order valence-electron chi connectivity index (χ0n) is 19.8. The van der Waals surface area contributed by atoms with E-state index in [4.69, 9.17) is 0 Å². The number of fused-ring (bicyclic) bond motifs is 1. The molecule has 0 spiro atoms. The van der Waals surface area contributed by atoms with Gasteiger partial charge in [0.1, 0.15) is 17.5 Å². The second-order valence-electron chi connectivity index (χ2n) is 8.67. The lowest BCUT2D eigenvalue weighted by Crippen LogP contribution is -2.32. The van der Waals surface area contributed by atoms with Gasteiger partial charge in [0.2, 0.25) is 5.91 Å². The summed E-state index contributed by atoms with van der Waals surface area (Å²) < 4.78 is 29.6. The van der Waals surface area contributed by atoms with Gasteiger partial charge in [-0.1, -0.05) is 18.2 Å². The Hall–Kier alpha value is -4.84. The number of hydrogen-bond donors (Lipinski definition) is 2. The Bertz CT molecular complexity index is 1590. The number of nitriles is 1. The molecule has 1 aliphatic heterocycles. The Balaban J connectivity index is 1.82. The molecule has 0 bridgehead atoms. The Kier molecular flexibility index (Phi) is 6.24. The molecule has 0 atom stereocenters. The van der Waals surface area contributed by atoms with E-state index >= 15 is 0 Å². The van der Waals surface area contributed by atoms with Gasteiger partial charge in [0.25, 0.3) is 5.91 Å². The molecule has 2 aromatic carbocycles. The van der Waals surface area contributed by atoms with Gasteiger partial charge in [-0.2, -0.15) is 5.26 Å². The SMILES string of the molecule is CC(=O)Nc1cc(-c2c(-c3ccc(F)cc3)c3c(n2Cc2ccc(F)cc2C#N)CCNC3=O)ccn1. The van der Waals surface area contributed by atoms with Crippen LogP contribution < -0.4 is 10.6 Å². The predicted molar refractivity (Wildman–Crippen MR) is 134 cm³/mol. The van der Waals surface area contributed by atoms with Gasteiger partial charge in [0.15, 0.2) is 0 Å². The molecule has 4 aromatic rings. The number of pyridine rings is 1. The molecule has 0 saturated heterocycles. The summed E-state index contributed by atoms with van der Waals surface area (Å²) in [5.41, 5.74) is 4.46. The number of amides is 2. The zero-order valence-corrected chi connectivity index (χ0v) is 19.8. The van der Waals surface area contributed by atoms with Gasteiger partial charge in [-0.25, -0.2) is 13.8 Å². The summed E-state index contributed by atoms with van der Waals surface area (Å²) in [5.74, 6) is -1.16. The van der Waals surface area contributed by atoms with Gasteiger partial charge in [-0.15, -0.1) is 0 Å². The molecule has 0 fully saturated rings. The number of hydrogen-bond acceptors (Lipinski definition) is 4. The quantitative estimate of drug-likeness (QED) is 0.419. The minimum absolute atomic E-state index is 0.186. The van der Waals surface area contributed by atoms with Gasteiger partial charge in [0.05, 0.1) is 22.9 Å². The molecule has 184 valence electrons. The smallest absolute Gasteiger partial charge is 0.253 e. The lowest BCUT2D eigenvalue weighted by molar-refractivity contribution is -0.114. The van der Waals surface area contributed by atoms with Crippen LogP contribution in [0, 0.1) is 23.0 Å². The van der Waals surface area contributed by atoms with Crippen molar-refractivity contribution in [1.82, 2.24) is 14.9 Å². The third-order valence-corrected chi connectivity index (χ3v) is 6.24. The van der Waals surface area contributed by atoms with Gasteiger partial charge in [0, 0.05) is 49.5 Å². The zero-order chi connectivity index (χ0) is 26.1. The molecule has 2 aromatic heterocycles. The molecule has 37 heavy (non-hydrogen) atoms. The molecule has 3 heterocycles. The van der Waals surface area contributed by atoms with Crippen LogP contribution in [-0.2, 0) is 17.8 Å². The van der Waals surface area contributed by atoms with Crippen molar-refractivity contribution in [3.8, 4) is 28.5 Å². The molecular weight excluding hydrogens is 476 g/mol. The van der Waals surface area contributed by atoms with Crippen LogP contribution in [0.3, 0.4) is 0 Å². The van der Waals surface area contributed by atoms with Crippen molar-refractivity contribution in [3.63, 3.8) is 0 Å². The van der Waals surface area contributed by atoms with Crippen LogP contribution in [0.1, 0.15) is 34.1 Å². The fraction of sp³-hybridized carbons (Fsp3) is 0.143. The number of anilines is 1. The van der Waals surface area contributed by atoms with E-state index in [1.165, 1.54) is 31.2 Å². The molecule has 0 unspecified atom stereocenters. The summed E-state index contributed by atoms with van der Waals surface area (Å²) in [5, 5.41) is 15.2. The van der Waals surface area contributed by atoms with E-state index in [9.17, 15) is 23.6 Å². The molecule has 2 N–H and O–H groups in total. The third kappa shape index (κ3) is 4.57. The van der Waals surface area contributed by atoms with E-state index in [-0.39, 0.29) is 23.9 Å². The molecule has 9 heteroatoms. The molecule has 7 nitrogen and oxygen atoms in total. The third-order valence-electron chi connectivity index (χ3n) is 6.24. The van der Waals surface area contributed by atoms with E-state index in [1.54, 1.807) is 36.5 Å². The highest BCUT2D eigenvalue weighted by Crippen LogP contribution is 2.41. The number of rotatable bonds is 5. The lowest BCUT2D eigenvalue weighted by atomic mass is 9.95. The Morgan fingerprint density at radius 3 is 2.57 bits per heavy atom. The van der Waals surface area contributed by atoms with E-state index in [1.807, 2.05) is 10.6 Å². The summed E-state index contributed by atoms with van der Waals surface area (Å²) >= 11 is 0. The molecule has 2 amide bonds. The van der Waals surface area contributed by atoms with Crippen molar-refractivity contribution in [1.29, 1.82) is 5.26 Å². The van der Waals surface area contributed by atoms with Crippen molar-refractivity contribution in [2.75, 3.05) is 11.9 Å². The summed E-state index contributed by atoms with van der Waals surface area (Å²) in [6.45, 7) is 1.98. The topological polar surface area (TPSA) is 99.8 Å². The monoisotopic (exact) mass is 497 g/mol. The molecule has 1 aliphatic rings. The van der Waals surface area contributed by atoms with E-state index in [2.05, 4.69) is 15.6 Å². The molecule has 0 saturated carbocycles. The largest absolute Gasteiger partial charge is 0.352 e. The van der Waals surface area contributed by atoms with Crippen molar-refractivity contribution >= 4 is 17.6 Å². The number of nitrogens with one attached hydrogen (secondary N) is 2. The summed E-state index contributed by atoms with van der Waals surface area (Å²) in [6.07, 6.45) is 2.06. The molecule has 5 rings (SSSR count). The average molecular weight is 498 g/mol. The number of benzene rings is 2. The number of carbonyl (C=O) groups excluding carboxylic acids is 2. The van der Waals surface area contributed by atoms with Crippen LogP contribution in [-0.4, -0.2) is 27.9 Å². The van der Waals surface area contributed by atoms with Crippen LogP contribution in [0.15, 0.2) is 60.8 Å². The molecular formula is C28H21F2N5O2. The fourth-order valence-corrected chi connectivity index (χ4v) is 4.71. The van der Waals surface area contributed by atoms with Gasteiger partial charge >= 0.3 is 0 Å². The van der Waals surface area contributed by atoms with E-state index in [0.717, 1.165) is 5.69 Å². The second kappa shape index (κ2) is 9.66. The van der Waals surface area contributed by atoms with E-state index in [0.29, 0.717) is 52.3 Å². The first-order valence-electron chi connectivity index (χ1n) is 11.6. The first-order chi connectivity index (χ1) is 17.9. The Labute approximate surface area is 211 Å². The number of carbonyl (C=O) groups is 2. The number of halogens is 2. The number of nitrogens with zero attached hydrogens (tertiary/aromatic N) is 3. The van der Waals surface area contributed by atoms with E-state index < -0.39 is 11.6 Å². The highest BCUT2D eigenvalue weighted by molar-refractivity contribution is 6.07. The second-order valence-corrected chi connectivity index (χ2v) is 8.67. The first kappa shape index (κ1) is 23.9. The first-order valence-corrected chi connectivity index (χ1v) is 11.6. The van der Waals surface area contributed by atoms with Crippen LogP contribution in [0.2, 0.25) is 0 Å². The Morgan fingerprint density at radius 2 is 1.84 bits per heavy atom. The van der Waals surface area contributed by atoms with Crippen LogP contribution >= 0.6 is 0 Å². The number of aromatic nitrogens is 2. The lowest BCUT2D eigenvalue weighted by Gasteiger charge is -2.18. The molecule has 0 aliphatic carbocycles. The van der Waals surface area contributed by atoms with Crippen molar-refractivity contribution in [2.24, 2.45) is 0 Å². The maximum atomic E-state index is 13.9. The van der Waals surface area contributed by atoms with Crippen molar-refractivity contribution in [3.05, 3.63) is 94.8 Å². The van der Waals surface area contributed by atoms with Crippen LogP contribution in [0.4, 0.5) is 14.6 Å². The van der Waals surface area contributed by atoms with Gasteiger partial charge in [-0.3, -0.25) is 9.59 Å². The maximum absolute atomic E-state index is 13.9. The Morgan fingerprint density at radius 1 is 1.08 bits per heavy atom. The van der Waals surface area contributed by atoms with Crippen molar-refractivity contribution in [2.45, 2.75) is 19.9 Å². The van der Waals surface area contributed by atoms with Crippen molar-refractivity contribution < 1.29 is 18.4 Å². The van der Waals surface area contributed by atoms with Crippen LogP contribution in [0.5, 0.6) is 0 Å². The standard InChI is InChI=1S/C28H21F2N5O2/c1-16(36)34-24-13-18(8-10-32-24)27-25(17-2-5-21(29)6-3-17)26-23(9-11-33-28(26)37)35(27)15-19-4-7-22(30)12-20(19)14-31/h2-8,10,12-13H,9,11,15H2,1H3,(H,33,37)(H,32,34,36). The molecule has 0 radical (unpaired) electrons. The summed E-state index contributed by atoms with van der Waals surface area (Å²) in [7, 11) is 0. The average Bonchev–Trinajstić information content (AvgIpc) is 3.20. The minimum Gasteiger partial charge on any atom is -0.352 e. The fourth-order valence-electron chi connectivity index (χ4n) is 4.71. The predicted octanol–water partition coefficient (Wildman–Crippen LogP) is 4.66. The van der Waals surface area contributed by atoms with Gasteiger partial charge < -0.3 is 15.2 Å². The maximum Gasteiger partial charge on any atom is 0.253 e. The van der Waals surface area contributed by atoms with Crippen LogP contribution in [0.25, 0.3) is 22.4 Å². The normalized spacial score (nSPS) is 12.4. The minimum atomic E-state index is -0.518. The highest BCUT2D eigenvalue weighted by atomic mass is 19.1. The van der Waals surface area contributed by atoms with Gasteiger partial charge in [-0.05, 0) is 47.5 Å².